The van der Waals surface area contributed by atoms with E-state index < -0.39 is 0 Å². The fraction of sp³-hybridized carbons (Fsp3) is 0.222. The Bertz CT molecular complexity index is 701. The van der Waals surface area contributed by atoms with Crippen LogP contribution in [0.5, 0.6) is 0 Å². The van der Waals surface area contributed by atoms with Crippen LogP contribution in [-0.4, -0.2) is 23.3 Å². The molecule has 2 aromatic carbocycles. The van der Waals surface area contributed by atoms with Gasteiger partial charge in [0, 0.05) is 24.2 Å². The molecule has 23 heavy (non-hydrogen) atoms. The first kappa shape index (κ1) is 17.0. The molecule has 0 unspecified atom stereocenters. The summed E-state index contributed by atoms with van der Waals surface area (Å²) in [7, 11) is 0. The number of nitrogens with zero attached hydrogens (tertiary/aromatic N) is 1. The third-order valence-corrected chi connectivity index (χ3v) is 3.95. The van der Waals surface area contributed by atoms with Crippen LogP contribution in [0.1, 0.15) is 18.1 Å². The monoisotopic (exact) mass is 330 g/mol. The topological polar surface area (TPSA) is 49.4 Å². The fourth-order valence-corrected chi connectivity index (χ4v) is 2.36. The fourth-order valence-electron chi connectivity index (χ4n) is 2.19. The van der Waals surface area contributed by atoms with Crippen molar-refractivity contribution in [1.29, 1.82) is 0 Å². The lowest BCUT2D eigenvalue weighted by Gasteiger charge is -2.21. The minimum atomic E-state index is -0.249. The number of halogens is 1. The third kappa shape index (κ3) is 4.83. The van der Waals surface area contributed by atoms with E-state index in [1.165, 1.54) is 11.8 Å². The minimum Gasteiger partial charge on any atom is -0.329 e. The Kier molecular flexibility index (Phi) is 5.77. The van der Waals surface area contributed by atoms with Gasteiger partial charge in [0.15, 0.2) is 0 Å². The van der Waals surface area contributed by atoms with E-state index in [-0.39, 0.29) is 18.4 Å². The molecule has 0 radical (unpaired) electrons. The second-order valence-corrected chi connectivity index (χ2v) is 5.73. The average Bonchev–Trinajstić information content (AvgIpc) is 2.52. The Morgan fingerprint density at radius 2 is 1.78 bits per heavy atom. The molecule has 1 N–H and O–H groups in total. The molecule has 2 rings (SSSR count). The molecule has 0 spiro atoms. The van der Waals surface area contributed by atoms with Crippen LogP contribution in [0, 0.1) is 6.92 Å². The van der Waals surface area contributed by atoms with Gasteiger partial charge in [-0.15, -0.1) is 0 Å². The zero-order chi connectivity index (χ0) is 16.8. The summed E-state index contributed by atoms with van der Waals surface area (Å²) in [5.41, 5.74) is 2.44. The van der Waals surface area contributed by atoms with E-state index in [4.69, 9.17) is 11.6 Å². The summed E-state index contributed by atoms with van der Waals surface area (Å²) in [6.07, 6.45) is 0. The lowest BCUT2D eigenvalue weighted by Crippen LogP contribution is -2.36. The Morgan fingerprint density at radius 1 is 1.09 bits per heavy atom. The Hall–Kier alpha value is -2.33. The van der Waals surface area contributed by atoms with Gasteiger partial charge in [0.25, 0.3) is 0 Å². The molecule has 2 aromatic rings. The van der Waals surface area contributed by atoms with Crippen LogP contribution in [0.4, 0.5) is 5.69 Å². The predicted octanol–water partition coefficient (Wildman–Crippen LogP) is 3.64. The van der Waals surface area contributed by atoms with Crippen molar-refractivity contribution in [2.45, 2.75) is 20.4 Å². The Labute approximate surface area is 141 Å². The van der Waals surface area contributed by atoms with Crippen molar-refractivity contribution in [3.8, 4) is 0 Å². The number of rotatable bonds is 5. The van der Waals surface area contributed by atoms with Crippen LogP contribution < -0.4 is 5.32 Å². The lowest BCUT2D eigenvalue weighted by atomic mass is 10.2. The van der Waals surface area contributed by atoms with Gasteiger partial charge in [-0.1, -0.05) is 48.0 Å². The zero-order valence-corrected chi connectivity index (χ0v) is 13.9. The predicted molar refractivity (Wildman–Crippen MR) is 92.4 cm³/mol. The number of amides is 2. The molecule has 0 aliphatic rings. The van der Waals surface area contributed by atoms with Gasteiger partial charge < -0.3 is 10.2 Å². The van der Waals surface area contributed by atoms with Crippen LogP contribution >= 0.6 is 11.6 Å². The SMILES string of the molecule is CC(=O)N(CC(=O)Nc1cccc(Cl)c1C)Cc1ccccc1. The highest BCUT2D eigenvalue weighted by molar-refractivity contribution is 6.31. The number of carbonyl (C=O) groups excluding carboxylic acids is 2. The molecule has 0 heterocycles. The smallest absolute Gasteiger partial charge is 0.244 e. The van der Waals surface area contributed by atoms with Crippen molar-refractivity contribution in [2.24, 2.45) is 0 Å². The number of anilines is 1. The summed E-state index contributed by atoms with van der Waals surface area (Å²) in [5, 5.41) is 3.40. The van der Waals surface area contributed by atoms with Crippen molar-refractivity contribution in [1.82, 2.24) is 4.90 Å². The molecule has 0 saturated heterocycles. The molecule has 0 aliphatic heterocycles. The van der Waals surface area contributed by atoms with Gasteiger partial charge in [-0.25, -0.2) is 0 Å². The lowest BCUT2D eigenvalue weighted by molar-refractivity contribution is -0.133. The number of hydrogen-bond acceptors (Lipinski definition) is 2. The second kappa shape index (κ2) is 7.79. The zero-order valence-electron chi connectivity index (χ0n) is 13.2. The maximum atomic E-state index is 12.2. The van der Waals surface area contributed by atoms with E-state index >= 15 is 0 Å². The maximum Gasteiger partial charge on any atom is 0.244 e. The molecule has 0 bridgehead atoms. The van der Waals surface area contributed by atoms with Crippen LogP contribution in [-0.2, 0) is 16.1 Å². The highest BCUT2D eigenvalue weighted by Crippen LogP contribution is 2.22. The molecule has 0 fully saturated rings. The second-order valence-electron chi connectivity index (χ2n) is 5.32. The number of benzene rings is 2. The van der Waals surface area contributed by atoms with Gasteiger partial charge in [-0.3, -0.25) is 9.59 Å². The van der Waals surface area contributed by atoms with Crippen molar-refractivity contribution in [3.63, 3.8) is 0 Å². The standard InChI is InChI=1S/C18H19ClN2O2/c1-13-16(19)9-6-10-17(13)20-18(23)12-21(14(2)22)11-15-7-4-3-5-8-15/h3-10H,11-12H2,1-2H3,(H,20,23). The Morgan fingerprint density at radius 3 is 2.43 bits per heavy atom. The van der Waals surface area contributed by atoms with E-state index in [9.17, 15) is 9.59 Å². The average molecular weight is 331 g/mol. The highest BCUT2D eigenvalue weighted by Gasteiger charge is 2.15. The first-order valence-corrected chi connectivity index (χ1v) is 7.69. The summed E-state index contributed by atoms with van der Waals surface area (Å²) < 4.78 is 0. The summed E-state index contributed by atoms with van der Waals surface area (Å²) in [6, 6.07) is 14.9. The Balaban J connectivity index is 2.03. The van der Waals surface area contributed by atoms with Crippen LogP contribution in [0.2, 0.25) is 5.02 Å². The molecule has 0 atom stereocenters. The molecule has 120 valence electrons. The molecule has 0 aliphatic carbocycles. The van der Waals surface area contributed by atoms with Gasteiger partial charge >= 0.3 is 0 Å². The summed E-state index contributed by atoms with van der Waals surface area (Å²) >= 11 is 6.04. The van der Waals surface area contributed by atoms with Gasteiger partial charge in [0.05, 0.1) is 0 Å². The summed E-state index contributed by atoms with van der Waals surface area (Å²) in [5.74, 6) is -0.395. The number of hydrogen-bond donors (Lipinski definition) is 1. The molecular formula is C18H19ClN2O2. The largest absolute Gasteiger partial charge is 0.329 e. The first-order chi connectivity index (χ1) is 11.0. The van der Waals surface area contributed by atoms with Crippen molar-refractivity contribution < 1.29 is 9.59 Å². The molecule has 0 aromatic heterocycles. The van der Waals surface area contributed by atoms with E-state index in [2.05, 4.69) is 5.32 Å². The maximum absolute atomic E-state index is 12.2. The first-order valence-electron chi connectivity index (χ1n) is 7.32. The molecular weight excluding hydrogens is 312 g/mol. The van der Waals surface area contributed by atoms with Crippen molar-refractivity contribution >= 4 is 29.1 Å². The molecule has 2 amide bonds. The van der Waals surface area contributed by atoms with Gasteiger partial charge in [0.2, 0.25) is 11.8 Å². The van der Waals surface area contributed by atoms with E-state index in [0.29, 0.717) is 17.3 Å². The number of carbonyl (C=O) groups is 2. The van der Waals surface area contributed by atoms with E-state index in [0.717, 1.165) is 11.1 Å². The minimum absolute atomic E-state index is 0.00379. The van der Waals surface area contributed by atoms with Crippen LogP contribution in [0.3, 0.4) is 0 Å². The van der Waals surface area contributed by atoms with E-state index in [1.54, 1.807) is 18.2 Å². The van der Waals surface area contributed by atoms with Crippen LogP contribution in [0.15, 0.2) is 48.5 Å². The summed E-state index contributed by atoms with van der Waals surface area (Å²) in [6.45, 7) is 3.69. The van der Waals surface area contributed by atoms with Crippen molar-refractivity contribution in [3.05, 3.63) is 64.7 Å². The normalized spacial score (nSPS) is 10.2. The van der Waals surface area contributed by atoms with Crippen molar-refractivity contribution in [2.75, 3.05) is 11.9 Å². The summed E-state index contributed by atoms with van der Waals surface area (Å²) in [4.78, 5) is 25.5. The van der Waals surface area contributed by atoms with Gasteiger partial charge in [-0.2, -0.15) is 0 Å². The molecule has 5 heteroatoms. The van der Waals surface area contributed by atoms with Gasteiger partial charge in [-0.05, 0) is 30.2 Å². The highest BCUT2D eigenvalue weighted by atomic mass is 35.5. The molecule has 4 nitrogen and oxygen atoms in total. The van der Waals surface area contributed by atoms with Gasteiger partial charge in [0.1, 0.15) is 6.54 Å². The van der Waals surface area contributed by atoms with E-state index in [1.807, 2.05) is 37.3 Å². The number of nitrogens with one attached hydrogen (secondary N) is 1. The third-order valence-electron chi connectivity index (χ3n) is 3.54. The molecule has 0 saturated carbocycles. The van der Waals surface area contributed by atoms with Crippen LogP contribution in [0.25, 0.3) is 0 Å². The quantitative estimate of drug-likeness (QED) is 0.910.